The number of nitrogens with zero attached hydrogens (tertiary/aromatic N) is 2. The first kappa shape index (κ1) is 14.3. The topological polar surface area (TPSA) is 29.9 Å². The van der Waals surface area contributed by atoms with Crippen LogP contribution in [0.4, 0.5) is 0 Å². The van der Waals surface area contributed by atoms with E-state index in [0.29, 0.717) is 5.92 Å². The summed E-state index contributed by atoms with van der Waals surface area (Å²) in [5.41, 5.74) is 1.30. The number of benzene rings is 1. The Kier molecular flexibility index (Phi) is 5.16. The van der Waals surface area contributed by atoms with Gasteiger partial charge < -0.3 is 9.88 Å². The molecular weight excluding hydrogens is 302 g/mol. The molecule has 0 radical (unpaired) electrons. The molecule has 3 nitrogen and oxygen atoms in total. The fourth-order valence-electron chi connectivity index (χ4n) is 2.09. The molecule has 0 amide bonds. The van der Waals surface area contributed by atoms with E-state index in [1.165, 1.54) is 10.0 Å². The Labute approximate surface area is 123 Å². The van der Waals surface area contributed by atoms with Gasteiger partial charge in [0.2, 0.25) is 0 Å². The monoisotopic (exact) mass is 321 g/mol. The zero-order valence-electron chi connectivity index (χ0n) is 11.4. The summed E-state index contributed by atoms with van der Waals surface area (Å²) in [6, 6.07) is 8.33. The van der Waals surface area contributed by atoms with E-state index < -0.39 is 0 Å². The van der Waals surface area contributed by atoms with Gasteiger partial charge in [0.15, 0.2) is 0 Å². The van der Waals surface area contributed by atoms with Crippen LogP contribution in [0, 0.1) is 12.8 Å². The second-order valence-electron chi connectivity index (χ2n) is 4.95. The molecule has 1 aromatic heterocycles. The predicted octanol–water partition coefficient (Wildman–Crippen LogP) is 3.38. The van der Waals surface area contributed by atoms with Crippen LogP contribution < -0.4 is 5.32 Å². The van der Waals surface area contributed by atoms with E-state index in [1.807, 2.05) is 25.4 Å². The van der Waals surface area contributed by atoms with E-state index >= 15 is 0 Å². The van der Waals surface area contributed by atoms with Crippen LogP contribution in [0.2, 0.25) is 0 Å². The van der Waals surface area contributed by atoms with Crippen LogP contribution in [-0.4, -0.2) is 16.1 Å². The molecule has 2 aromatic rings. The van der Waals surface area contributed by atoms with E-state index in [1.54, 1.807) is 0 Å². The number of hydrogen-bond donors (Lipinski definition) is 1. The highest BCUT2D eigenvalue weighted by Crippen LogP contribution is 2.15. The zero-order valence-corrected chi connectivity index (χ0v) is 13.0. The van der Waals surface area contributed by atoms with Crippen molar-refractivity contribution in [3.05, 3.63) is 52.5 Å². The standard InChI is InChI=1S/C15H20BrN3/c1-12(11-19-8-7-18-13(19)2)9-17-10-14-5-3-4-6-15(14)16/h3-8,12,17H,9-11H2,1-2H3. The van der Waals surface area contributed by atoms with Crippen molar-refractivity contribution in [2.75, 3.05) is 6.54 Å². The third-order valence-corrected chi connectivity index (χ3v) is 3.97. The van der Waals surface area contributed by atoms with Gasteiger partial charge in [0.05, 0.1) is 0 Å². The van der Waals surface area contributed by atoms with Crippen LogP contribution in [-0.2, 0) is 13.1 Å². The summed E-state index contributed by atoms with van der Waals surface area (Å²) in [4.78, 5) is 4.25. The Morgan fingerprint density at radius 3 is 2.84 bits per heavy atom. The molecule has 1 N–H and O–H groups in total. The molecule has 2 rings (SSSR count). The van der Waals surface area contributed by atoms with E-state index in [2.05, 4.69) is 55.9 Å². The Morgan fingerprint density at radius 2 is 2.16 bits per heavy atom. The molecule has 0 aliphatic carbocycles. The molecule has 0 aliphatic heterocycles. The van der Waals surface area contributed by atoms with Crippen LogP contribution in [0.15, 0.2) is 41.1 Å². The Hall–Kier alpha value is -1.13. The first-order chi connectivity index (χ1) is 9.16. The van der Waals surface area contributed by atoms with E-state index in [4.69, 9.17) is 0 Å². The van der Waals surface area contributed by atoms with Crippen molar-refractivity contribution in [1.82, 2.24) is 14.9 Å². The summed E-state index contributed by atoms with van der Waals surface area (Å²) in [6.45, 7) is 7.20. The first-order valence-corrected chi connectivity index (χ1v) is 7.38. The Bertz CT molecular complexity index is 522. The summed E-state index contributed by atoms with van der Waals surface area (Å²) in [6.07, 6.45) is 3.90. The van der Waals surface area contributed by atoms with Crippen LogP contribution in [0.3, 0.4) is 0 Å². The number of hydrogen-bond acceptors (Lipinski definition) is 2. The fraction of sp³-hybridized carbons (Fsp3) is 0.400. The average Bonchev–Trinajstić information content (AvgIpc) is 2.77. The summed E-state index contributed by atoms with van der Waals surface area (Å²) in [7, 11) is 0. The van der Waals surface area contributed by atoms with Gasteiger partial charge in [-0.2, -0.15) is 0 Å². The molecule has 1 heterocycles. The second kappa shape index (κ2) is 6.87. The maximum atomic E-state index is 4.25. The van der Waals surface area contributed by atoms with E-state index in [9.17, 15) is 0 Å². The fourth-order valence-corrected chi connectivity index (χ4v) is 2.52. The number of rotatable bonds is 6. The third-order valence-electron chi connectivity index (χ3n) is 3.20. The molecule has 0 spiro atoms. The summed E-state index contributed by atoms with van der Waals surface area (Å²) < 4.78 is 3.37. The highest BCUT2D eigenvalue weighted by Gasteiger charge is 2.05. The van der Waals surface area contributed by atoms with E-state index in [-0.39, 0.29) is 0 Å². The summed E-state index contributed by atoms with van der Waals surface area (Å²) in [5, 5.41) is 3.51. The lowest BCUT2D eigenvalue weighted by Crippen LogP contribution is -2.24. The van der Waals surface area contributed by atoms with Crippen molar-refractivity contribution < 1.29 is 0 Å². The molecule has 0 aliphatic rings. The van der Waals surface area contributed by atoms with Gasteiger partial charge in [-0.05, 0) is 31.0 Å². The van der Waals surface area contributed by atoms with Gasteiger partial charge in [0, 0.05) is 30.0 Å². The van der Waals surface area contributed by atoms with Crippen molar-refractivity contribution in [2.45, 2.75) is 26.9 Å². The second-order valence-corrected chi connectivity index (χ2v) is 5.81. The SMILES string of the molecule is Cc1nccn1CC(C)CNCc1ccccc1Br. The van der Waals surface area contributed by atoms with Gasteiger partial charge in [-0.25, -0.2) is 4.98 Å². The van der Waals surface area contributed by atoms with Crippen molar-refractivity contribution in [2.24, 2.45) is 5.92 Å². The highest BCUT2D eigenvalue weighted by atomic mass is 79.9. The largest absolute Gasteiger partial charge is 0.335 e. The highest BCUT2D eigenvalue weighted by molar-refractivity contribution is 9.10. The molecule has 0 fully saturated rings. The van der Waals surface area contributed by atoms with Gasteiger partial charge in [-0.1, -0.05) is 41.1 Å². The minimum absolute atomic E-state index is 0.579. The molecular formula is C15H20BrN3. The predicted molar refractivity (Wildman–Crippen MR) is 82.0 cm³/mol. The van der Waals surface area contributed by atoms with Gasteiger partial charge >= 0.3 is 0 Å². The molecule has 0 saturated carbocycles. The molecule has 19 heavy (non-hydrogen) atoms. The Morgan fingerprint density at radius 1 is 1.37 bits per heavy atom. The van der Waals surface area contributed by atoms with Crippen molar-refractivity contribution >= 4 is 15.9 Å². The van der Waals surface area contributed by atoms with Crippen molar-refractivity contribution in [3.63, 3.8) is 0 Å². The normalized spacial score (nSPS) is 12.6. The maximum Gasteiger partial charge on any atom is 0.105 e. The maximum absolute atomic E-state index is 4.25. The van der Waals surface area contributed by atoms with Crippen LogP contribution in [0.1, 0.15) is 18.3 Å². The molecule has 1 atom stereocenters. The summed E-state index contributed by atoms with van der Waals surface area (Å²) in [5.74, 6) is 1.66. The molecule has 1 unspecified atom stereocenters. The van der Waals surface area contributed by atoms with Gasteiger partial charge in [-0.15, -0.1) is 0 Å². The lowest BCUT2D eigenvalue weighted by atomic mass is 10.1. The molecule has 1 aromatic carbocycles. The minimum Gasteiger partial charge on any atom is -0.335 e. The van der Waals surface area contributed by atoms with E-state index in [0.717, 1.165) is 25.5 Å². The third kappa shape index (κ3) is 4.18. The van der Waals surface area contributed by atoms with Crippen LogP contribution >= 0.6 is 15.9 Å². The van der Waals surface area contributed by atoms with Crippen LogP contribution in [0.25, 0.3) is 0 Å². The number of imidazole rings is 1. The zero-order chi connectivity index (χ0) is 13.7. The van der Waals surface area contributed by atoms with Gasteiger partial charge in [0.1, 0.15) is 5.82 Å². The van der Waals surface area contributed by atoms with Crippen LogP contribution in [0.5, 0.6) is 0 Å². The van der Waals surface area contributed by atoms with Crippen molar-refractivity contribution in [1.29, 1.82) is 0 Å². The number of nitrogens with one attached hydrogen (secondary N) is 1. The number of aromatic nitrogens is 2. The minimum atomic E-state index is 0.579. The van der Waals surface area contributed by atoms with Crippen molar-refractivity contribution in [3.8, 4) is 0 Å². The smallest absolute Gasteiger partial charge is 0.105 e. The quantitative estimate of drug-likeness (QED) is 0.884. The first-order valence-electron chi connectivity index (χ1n) is 6.58. The molecule has 0 bridgehead atoms. The van der Waals surface area contributed by atoms with Gasteiger partial charge in [-0.3, -0.25) is 0 Å². The number of aryl methyl sites for hydroxylation is 1. The lowest BCUT2D eigenvalue weighted by molar-refractivity contribution is 0.440. The molecule has 4 heteroatoms. The molecule has 0 saturated heterocycles. The number of halogens is 1. The molecule has 102 valence electrons. The Balaban J connectivity index is 1.77. The summed E-state index contributed by atoms with van der Waals surface area (Å²) >= 11 is 3.57. The average molecular weight is 322 g/mol. The van der Waals surface area contributed by atoms with Gasteiger partial charge in [0.25, 0.3) is 0 Å². The lowest BCUT2D eigenvalue weighted by Gasteiger charge is -2.14.